The quantitative estimate of drug-likeness (QED) is 0.261. The second kappa shape index (κ2) is 13.0. The number of rotatable bonds is 8. The van der Waals surface area contributed by atoms with Crippen molar-refractivity contribution in [3.63, 3.8) is 0 Å². The van der Waals surface area contributed by atoms with E-state index in [9.17, 15) is 4.79 Å². The number of carbonyl (C=O) groups excluding carboxylic acids is 1. The number of hydrogen-bond acceptors (Lipinski definition) is 4. The van der Waals surface area contributed by atoms with Crippen molar-refractivity contribution in [2.24, 2.45) is 28.9 Å². The van der Waals surface area contributed by atoms with Gasteiger partial charge in [-0.05, 0) is 68.2 Å². The fourth-order valence-electron chi connectivity index (χ4n) is 6.72. The van der Waals surface area contributed by atoms with E-state index in [-0.39, 0.29) is 17.4 Å². The molecule has 3 unspecified atom stereocenters. The van der Waals surface area contributed by atoms with Gasteiger partial charge in [-0.15, -0.1) is 0 Å². The topological polar surface area (TPSA) is 76.2 Å². The molecule has 1 amide bonds. The number of benzene rings is 2. The summed E-state index contributed by atoms with van der Waals surface area (Å²) < 4.78 is 2.36. The molecule has 0 radical (unpaired) electrons. The van der Waals surface area contributed by atoms with E-state index in [4.69, 9.17) is 10.7 Å². The Hall–Kier alpha value is -3.56. The average Bonchev–Trinajstić information content (AvgIpc) is 3.63. The van der Waals surface area contributed by atoms with Crippen LogP contribution in [-0.4, -0.2) is 40.0 Å². The number of imidazole rings is 1. The Morgan fingerprint density at radius 3 is 2.46 bits per heavy atom. The molecule has 1 aliphatic heterocycles. The van der Waals surface area contributed by atoms with Crippen molar-refractivity contribution in [2.45, 2.75) is 65.5 Å². The zero-order chi connectivity index (χ0) is 28.8. The van der Waals surface area contributed by atoms with Gasteiger partial charge >= 0.3 is 0 Å². The van der Waals surface area contributed by atoms with Crippen LogP contribution in [0, 0.1) is 35.1 Å². The third-order valence-corrected chi connectivity index (χ3v) is 8.68. The first-order valence-corrected chi connectivity index (χ1v) is 15.2. The van der Waals surface area contributed by atoms with Gasteiger partial charge in [-0.3, -0.25) is 4.79 Å². The van der Waals surface area contributed by atoms with Gasteiger partial charge in [-0.1, -0.05) is 81.6 Å². The number of carbonyl (C=O) groups is 1. The number of nitrogens with two attached hydrogens (primary N) is 1. The fraction of sp³-hybridized carbons (Fsp3) is 0.486. The normalized spacial score (nSPS) is 21.6. The van der Waals surface area contributed by atoms with E-state index in [2.05, 4.69) is 78.0 Å². The van der Waals surface area contributed by atoms with E-state index in [0.717, 1.165) is 68.0 Å². The summed E-state index contributed by atoms with van der Waals surface area (Å²) in [6.45, 7) is 10.2. The molecular formula is C35H45N5O. The summed E-state index contributed by atoms with van der Waals surface area (Å²) in [6.07, 6.45) is 7.78. The highest BCUT2D eigenvalue weighted by molar-refractivity contribution is 5.94. The Morgan fingerprint density at radius 2 is 1.80 bits per heavy atom. The molecule has 1 saturated carbocycles. The highest BCUT2D eigenvalue weighted by Crippen LogP contribution is 2.41. The number of nitrogens with zero attached hydrogens (tertiary/aromatic N) is 3. The van der Waals surface area contributed by atoms with Crippen LogP contribution in [0.5, 0.6) is 0 Å². The lowest BCUT2D eigenvalue weighted by atomic mass is 9.81. The highest BCUT2D eigenvalue weighted by Gasteiger charge is 2.40. The van der Waals surface area contributed by atoms with Crippen LogP contribution in [0.15, 0.2) is 66.9 Å². The minimum atomic E-state index is -0.242. The molecule has 2 aliphatic rings. The lowest BCUT2D eigenvalue weighted by molar-refractivity contribution is 0.0433. The predicted octanol–water partition coefficient (Wildman–Crippen LogP) is 6.12. The summed E-state index contributed by atoms with van der Waals surface area (Å²) in [5.41, 5.74) is 8.13. The first-order chi connectivity index (χ1) is 19.8. The average molecular weight is 552 g/mol. The van der Waals surface area contributed by atoms with Crippen molar-refractivity contribution >= 4 is 5.91 Å². The fourth-order valence-corrected chi connectivity index (χ4v) is 6.72. The summed E-state index contributed by atoms with van der Waals surface area (Å²) in [5, 5.41) is 3.50. The minimum Gasteiger partial charge on any atom is -0.359 e. The van der Waals surface area contributed by atoms with Crippen LogP contribution >= 0.6 is 0 Å². The Bertz CT molecular complexity index is 1340. The van der Waals surface area contributed by atoms with Gasteiger partial charge in [0, 0.05) is 42.4 Å². The predicted molar refractivity (Wildman–Crippen MR) is 166 cm³/mol. The number of amides is 1. The molecule has 3 aromatic rings. The standard InChI is InChI=1S/C35H45N5O/c1-35(2,3)32(40(24-28-18-20-37-22-28)34(41)30-15-8-5-9-16-30)33-38-31(29-13-6-4-7-14-29)25-39(33)23-27-12-10-11-26(21-27)17-19-36/h4-9,13-16,25-28,32,37H,10-12,18,20-24,36H2,1-3H3/t26?,27?,28?,32-/m0/s1. The summed E-state index contributed by atoms with van der Waals surface area (Å²) in [4.78, 5) is 21.8. The molecule has 1 aromatic heterocycles. The molecule has 3 N–H and O–H groups in total. The number of aromatic nitrogens is 2. The zero-order valence-electron chi connectivity index (χ0n) is 24.9. The van der Waals surface area contributed by atoms with E-state index in [1.54, 1.807) is 0 Å². The van der Waals surface area contributed by atoms with Crippen LogP contribution in [0.1, 0.15) is 75.1 Å². The monoisotopic (exact) mass is 551 g/mol. The Morgan fingerprint density at radius 1 is 1.07 bits per heavy atom. The van der Waals surface area contributed by atoms with E-state index in [1.807, 2.05) is 36.4 Å². The van der Waals surface area contributed by atoms with Gasteiger partial charge < -0.3 is 20.5 Å². The third kappa shape index (κ3) is 7.02. The Labute approximate surface area is 245 Å². The minimum absolute atomic E-state index is 0.0733. The second-order valence-electron chi connectivity index (χ2n) is 13.0. The molecule has 2 fully saturated rings. The van der Waals surface area contributed by atoms with E-state index < -0.39 is 0 Å². The molecule has 1 aliphatic carbocycles. The van der Waals surface area contributed by atoms with Gasteiger partial charge in [0.1, 0.15) is 5.82 Å². The van der Waals surface area contributed by atoms with E-state index >= 15 is 0 Å². The maximum atomic E-state index is 14.3. The van der Waals surface area contributed by atoms with Crippen molar-refractivity contribution < 1.29 is 4.79 Å². The molecule has 2 aromatic carbocycles. The first kappa shape index (κ1) is 29.0. The second-order valence-corrected chi connectivity index (χ2v) is 13.0. The molecule has 0 bridgehead atoms. The lowest BCUT2D eigenvalue weighted by Crippen LogP contribution is -2.45. The van der Waals surface area contributed by atoms with Gasteiger partial charge in [0.2, 0.25) is 0 Å². The maximum absolute atomic E-state index is 14.3. The van der Waals surface area contributed by atoms with Gasteiger partial charge in [-0.2, -0.15) is 0 Å². The van der Waals surface area contributed by atoms with Crippen LogP contribution < -0.4 is 11.1 Å². The van der Waals surface area contributed by atoms with Crippen molar-refractivity contribution in [3.8, 4) is 23.2 Å². The molecule has 0 spiro atoms. The molecule has 6 nitrogen and oxygen atoms in total. The molecule has 216 valence electrons. The molecular weight excluding hydrogens is 506 g/mol. The van der Waals surface area contributed by atoms with Crippen LogP contribution in [0.4, 0.5) is 0 Å². The maximum Gasteiger partial charge on any atom is 0.254 e. The largest absolute Gasteiger partial charge is 0.359 e. The van der Waals surface area contributed by atoms with Crippen molar-refractivity contribution in [1.29, 1.82) is 0 Å². The van der Waals surface area contributed by atoms with Gasteiger partial charge in [0.05, 0.1) is 11.7 Å². The number of nitrogens with one attached hydrogen (secondary N) is 1. The van der Waals surface area contributed by atoms with Gasteiger partial charge in [0.25, 0.3) is 5.91 Å². The zero-order valence-corrected chi connectivity index (χ0v) is 24.9. The van der Waals surface area contributed by atoms with Crippen molar-refractivity contribution in [2.75, 3.05) is 19.6 Å². The van der Waals surface area contributed by atoms with Crippen molar-refractivity contribution in [3.05, 3.63) is 78.2 Å². The van der Waals surface area contributed by atoms with Gasteiger partial charge in [-0.25, -0.2) is 4.98 Å². The van der Waals surface area contributed by atoms with Gasteiger partial charge in [0.15, 0.2) is 0 Å². The van der Waals surface area contributed by atoms with Crippen LogP contribution in [0.25, 0.3) is 11.3 Å². The van der Waals surface area contributed by atoms with Crippen LogP contribution in [0.2, 0.25) is 0 Å². The molecule has 2 heterocycles. The van der Waals surface area contributed by atoms with Crippen LogP contribution in [0.3, 0.4) is 0 Å². The van der Waals surface area contributed by atoms with Crippen LogP contribution in [-0.2, 0) is 6.54 Å². The highest BCUT2D eigenvalue weighted by atomic mass is 16.2. The molecule has 4 atom stereocenters. The molecule has 1 saturated heterocycles. The smallest absolute Gasteiger partial charge is 0.254 e. The summed E-state index contributed by atoms with van der Waals surface area (Å²) in [6, 6.07) is 22.6. The molecule has 41 heavy (non-hydrogen) atoms. The Balaban J connectivity index is 1.59. The molecule has 5 rings (SSSR count). The first-order valence-electron chi connectivity index (χ1n) is 15.2. The third-order valence-electron chi connectivity index (χ3n) is 8.68. The summed E-state index contributed by atoms with van der Waals surface area (Å²) >= 11 is 0. The molecule has 6 heteroatoms. The van der Waals surface area contributed by atoms with E-state index in [0.29, 0.717) is 24.3 Å². The van der Waals surface area contributed by atoms with Crippen molar-refractivity contribution in [1.82, 2.24) is 19.8 Å². The summed E-state index contributed by atoms with van der Waals surface area (Å²) in [7, 11) is 0. The van der Waals surface area contributed by atoms with E-state index in [1.165, 1.54) is 6.42 Å². The number of hydrogen-bond donors (Lipinski definition) is 2. The lowest BCUT2D eigenvalue weighted by Gasteiger charge is -2.41. The Kier molecular flexibility index (Phi) is 9.15. The SMILES string of the molecule is CC(C)(C)[C@H](c1nc(-c2ccccc2)cn1CC1CCCC(C#CN)C1)N(CC1CCNC1)C(=O)c1ccccc1. The summed E-state index contributed by atoms with van der Waals surface area (Å²) in [5.74, 6) is 5.53.